The fourth-order valence-electron chi connectivity index (χ4n) is 5.38. The van der Waals surface area contributed by atoms with Crippen LogP contribution in [0.2, 0.25) is 0 Å². The molecule has 22 heteroatoms. The number of ether oxygens (including phenoxy) is 4. The average molecular weight is 862 g/mol. The van der Waals surface area contributed by atoms with E-state index in [9.17, 15) is 45.0 Å². The fourth-order valence-corrected chi connectivity index (χ4v) is 6.14. The summed E-state index contributed by atoms with van der Waals surface area (Å²) in [5, 5.41) is 54.5. The number of likely N-dealkylation sites (N-methyl/N-ethyl adjacent to an activating group) is 1. The monoisotopic (exact) mass is 861 g/mol. The van der Waals surface area contributed by atoms with Gasteiger partial charge in [0.2, 0.25) is 16.8 Å². The van der Waals surface area contributed by atoms with E-state index >= 15 is 0 Å². The predicted octanol–water partition coefficient (Wildman–Crippen LogP) is 6.53. The summed E-state index contributed by atoms with van der Waals surface area (Å²) in [7, 11) is 0. The number of aromatic nitrogens is 1. The van der Waals surface area contributed by atoms with Crippen LogP contribution in [0.25, 0.3) is 0 Å². The molecule has 330 valence electrons. The highest BCUT2D eigenvalue weighted by atomic mass is 32.1. The molecular weight excluding hydrogens is 807 g/mol. The molecule has 0 aliphatic heterocycles. The number of carbonyl (C=O) groups excluding carboxylic acids is 2. The second-order valence-electron chi connectivity index (χ2n) is 13.1. The van der Waals surface area contributed by atoms with E-state index in [1.165, 1.54) is 6.92 Å². The molecular formula is C38H55N9O12S. The molecule has 0 saturated heterocycles. The van der Waals surface area contributed by atoms with E-state index in [1.807, 2.05) is 19.1 Å². The van der Waals surface area contributed by atoms with Crippen LogP contribution in [0.3, 0.4) is 0 Å². The minimum Gasteiger partial charge on any atom is -0.481 e. The van der Waals surface area contributed by atoms with Gasteiger partial charge in [-0.05, 0) is 50.9 Å². The number of aliphatic carboxylic acids is 1. The molecule has 0 radical (unpaired) electrons. The number of anilines is 2. The Morgan fingerprint density at radius 3 is 2.20 bits per heavy atom. The summed E-state index contributed by atoms with van der Waals surface area (Å²) in [5.41, 5.74) is -0.277. The Bertz CT molecular complexity index is 1820. The number of azo groups is 1. The second kappa shape index (κ2) is 28.9. The second-order valence-corrected chi connectivity index (χ2v) is 14.1. The summed E-state index contributed by atoms with van der Waals surface area (Å²) >= 11 is 0.454. The van der Waals surface area contributed by atoms with Crippen molar-refractivity contribution in [3.8, 4) is 6.07 Å². The maximum Gasteiger partial charge on any atom is 0.333 e. The maximum atomic E-state index is 12.2. The molecule has 2 aromatic rings. The third-order valence-corrected chi connectivity index (χ3v) is 9.49. The number of nitrogens with zero attached hydrogens (tertiary/aromatic N) is 7. The summed E-state index contributed by atoms with van der Waals surface area (Å²) in [6.07, 6.45) is 8.93. The predicted molar refractivity (Wildman–Crippen MR) is 222 cm³/mol. The van der Waals surface area contributed by atoms with Crippen LogP contribution >= 0.6 is 11.3 Å². The number of nitrogens with one attached hydrogen (secondary N) is 2. The number of thiophene rings is 1. The highest BCUT2D eigenvalue weighted by Gasteiger charge is 2.27. The quantitative estimate of drug-likeness (QED) is 0.0232. The van der Waals surface area contributed by atoms with Crippen molar-refractivity contribution in [3.63, 3.8) is 0 Å². The van der Waals surface area contributed by atoms with Crippen molar-refractivity contribution in [2.24, 2.45) is 16.1 Å². The smallest absolute Gasteiger partial charge is 0.333 e. The minimum absolute atomic E-state index is 0.0450. The number of hydrogen-bond donors (Lipinski definition) is 3. The highest BCUT2D eigenvalue weighted by Crippen LogP contribution is 2.43. The van der Waals surface area contributed by atoms with E-state index in [0.717, 1.165) is 31.7 Å². The Morgan fingerprint density at radius 1 is 0.983 bits per heavy atom. The number of pyridine rings is 1. The van der Waals surface area contributed by atoms with Gasteiger partial charge in [-0.15, -0.1) is 10.2 Å². The molecule has 0 spiro atoms. The summed E-state index contributed by atoms with van der Waals surface area (Å²) in [5.74, 6) is -2.35. The van der Waals surface area contributed by atoms with Gasteiger partial charge in [0.1, 0.15) is 23.6 Å². The Balaban J connectivity index is 1.70. The molecule has 1 unspecified atom stereocenters. The first-order chi connectivity index (χ1) is 28.8. The lowest BCUT2D eigenvalue weighted by Crippen LogP contribution is -2.30. The molecule has 0 aromatic carbocycles. The molecule has 0 saturated carbocycles. The molecule has 2 heterocycles. The number of carboxylic acids is 1. The highest BCUT2D eigenvalue weighted by molar-refractivity contribution is 7.19. The molecule has 0 aliphatic carbocycles. The number of nitro groups is 2. The summed E-state index contributed by atoms with van der Waals surface area (Å²) in [4.78, 5) is 63.0. The molecule has 1 atom stereocenters. The van der Waals surface area contributed by atoms with Gasteiger partial charge in [-0.3, -0.25) is 34.6 Å². The lowest BCUT2D eigenvalue weighted by Gasteiger charge is -2.25. The summed E-state index contributed by atoms with van der Waals surface area (Å²) < 4.78 is 22.3. The van der Waals surface area contributed by atoms with E-state index in [1.54, 1.807) is 11.8 Å². The van der Waals surface area contributed by atoms with Gasteiger partial charge in [0.15, 0.2) is 5.82 Å². The van der Waals surface area contributed by atoms with Crippen LogP contribution in [0.4, 0.5) is 33.0 Å². The standard InChI is InChI=1S/C38H55N9O12S/c1-5-7-8-9-10-11-13-29(38(50)51)24-32(49)40-14-12-16-56-18-20-58-22-23-59-21-19-57-17-15-45(6-2)36-30(26-39)27(3)34(35(42-36)41-28(4)48)43-44-37-31(46(52)53)25-33(60-37)47(54)55/h10-11,25,29H,5-9,12-24H2,1-4H3,(H,40,49)(H,50,51)(H,41,42,48)/b11-10+,44-43?. The fraction of sp³-hybridized carbons (Fsp3) is 0.605. The molecule has 60 heavy (non-hydrogen) atoms. The molecule has 2 amide bonds. The number of carboxylic acid groups (broad SMARTS) is 1. The van der Waals surface area contributed by atoms with Crippen LogP contribution in [0.1, 0.15) is 76.8 Å². The van der Waals surface area contributed by atoms with Crippen molar-refractivity contribution in [1.29, 1.82) is 5.26 Å². The van der Waals surface area contributed by atoms with Gasteiger partial charge in [-0.25, -0.2) is 4.98 Å². The number of unbranched alkanes of at least 4 members (excludes halogenated alkanes) is 3. The SMILES string of the molecule is CCCCC/C=C/CC(CC(=O)NCCCOCCOCCOCCOCCN(CC)c1nc(NC(C)=O)c(N=Nc2sc([N+](=O)[O-])cc2[N+](=O)[O-])c(C)c1C#N)C(=O)O. The number of amides is 2. The minimum atomic E-state index is -0.981. The van der Waals surface area contributed by atoms with E-state index in [4.69, 9.17) is 18.9 Å². The zero-order valence-electron chi connectivity index (χ0n) is 34.5. The molecule has 21 nitrogen and oxygen atoms in total. The maximum absolute atomic E-state index is 12.2. The molecule has 2 rings (SSSR count). The van der Waals surface area contributed by atoms with Crippen LogP contribution in [0.5, 0.6) is 0 Å². The van der Waals surface area contributed by atoms with Gasteiger partial charge in [-0.1, -0.05) is 31.9 Å². The van der Waals surface area contributed by atoms with Crippen LogP contribution in [-0.4, -0.2) is 110 Å². The Labute approximate surface area is 352 Å². The third kappa shape index (κ3) is 18.6. The van der Waals surface area contributed by atoms with Crippen LogP contribution in [-0.2, 0) is 33.3 Å². The molecule has 0 aliphatic rings. The Hall–Kier alpha value is -5.47. The van der Waals surface area contributed by atoms with E-state index in [2.05, 4.69) is 38.8 Å². The van der Waals surface area contributed by atoms with Crippen molar-refractivity contribution in [2.75, 3.05) is 82.7 Å². The average Bonchev–Trinajstić information content (AvgIpc) is 3.64. The first kappa shape index (κ1) is 50.7. The Kier molecular flexibility index (Phi) is 24.4. The van der Waals surface area contributed by atoms with E-state index in [0.29, 0.717) is 83.5 Å². The number of rotatable bonds is 32. The van der Waals surface area contributed by atoms with Gasteiger partial charge < -0.3 is 39.6 Å². The van der Waals surface area contributed by atoms with Crippen molar-refractivity contribution in [2.45, 2.75) is 72.6 Å². The van der Waals surface area contributed by atoms with Crippen molar-refractivity contribution in [1.82, 2.24) is 10.3 Å². The normalized spacial score (nSPS) is 11.8. The summed E-state index contributed by atoms with van der Waals surface area (Å²) in [6, 6.07) is 2.87. The molecule has 0 fully saturated rings. The number of carbonyl (C=O) groups is 3. The summed E-state index contributed by atoms with van der Waals surface area (Å²) in [6.45, 7) is 10.5. The molecule has 2 aromatic heterocycles. The van der Waals surface area contributed by atoms with Crippen LogP contribution in [0, 0.1) is 44.4 Å². The number of nitriles is 1. The first-order valence-electron chi connectivity index (χ1n) is 19.6. The first-order valence-corrected chi connectivity index (χ1v) is 20.4. The lowest BCUT2D eigenvalue weighted by molar-refractivity contribution is -0.389. The van der Waals surface area contributed by atoms with Gasteiger partial charge in [0.25, 0.3) is 0 Å². The Morgan fingerprint density at radius 2 is 1.63 bits per heavy atom. The van der Waals surface area contributed by atoms with Gasteiger partial charge in [0, 0.05) is 45.1 Å². The van der Waals surface area contributed by atoms with Crippen molar-refractivity contribution < 1.29 is 48.3 Å². The lowest BCUT2D eigenvalue weighted by atomic mass is 10.0. The molecule has 3 N–H and O–H groups in total. The van der Waals surface area contributed by atoms with E-state index < -0.39 is 38.3 Å². The number of allylic oxidation sites excluding steroid dienone is 2. The zero-order valence-corrected chi connectivity index (χ0v) is 35.3. The third-order valence-electron chi connectivity index (χ3n) is 8.53. The van der Waals surface area contributed by atoms with Gasteiger partial charge in [-0.2, -0.15) is 5.26 Å². The van der Waals surface area contributed by atoms with Crippen molar-refractivity contribution >= 4 is 62.1 Å². The van der Waals surface area contributed by atoms with E-state index in [-0.39, 0.29) is 59.0 Å². The molecule has 0 bridgehead atoms. The van der Waals surface area contributed by atoms with Crippen LogP contribution < -0.4 is 15.5 Å². The van der Waals surface area contributed by atoms with Gasteiger partial charge >= 0.3 is 16.7 Å². The van der Waals surface area contributed by atoms with Crippen molar-refractivity contribution in [3.05, 3.63) is 49.6 Å². The number of hydrogen-bond acceptors (Lipinski definition) is 17. The van der Waals surface area contributed by atoms with Crippen LogP contribution in [0.15, 0.2) is 28.4 Å². The largest absolute Gasteiger partial charge is 0.481 e. The topological polar surface area (TPSA) is 283 Å². The van der Waals surface area contributed by atoms with Gasteiger partial charge in [0.05, 0.1) is 67.6 Å². The zero-order chi connectivity index (χ0) is 44.3.